The number of rotatable bonds is 17. The molecule has 37 heavy (non-hydrogen) atoms. The van der Waals surface area contributed by atoms with Crippen LogP contribution in [-0.4, -0.2) is 42.9 Å². The SMILES string of the molecule is C=CCCCC(=O)N[C@@H](Cc1ccccc1)[C@H](O)CNC1CC(OCC=C)c2ccc(OCCC)cc21. The lowest BCUT2D eigenvalue weighted by Crippen LogP contribution is -2.49. The molecule has 6 nitrogen and oxygen atoms in total. The molecular formula is C31H42N2O4. The molecule has 6 heteroatoms. The Labute approximate surface area is 221 Å². The van der Waals surface area contributed by atoms with Gasteiger partial charge in [-0.15, -0.1) is 13.2 Å². The number of fused-ring (bicyclic) bond motifs is 1. The van der Waals surface area contributed by atoms with Crippen LogP contribution in [0.15, 0.2) is 73.8 Å². The standard InChI is InChI=1S/C31H42N2O4/c1-4-7-9-14-31(35)33-28(19-23-12-10-8-11-13-23)29(34)22-32-27-21-30(37-18-6-3)25-16-15-24(20-26(25)27)36-17-5-2/h4,6,8,10-13,15-16,20,27-30,32,34H,1,3,5,7,9,14,17-19,21-22H2,2H3,(H,33,35)/t27?,28-,29+,30?/m0/s1. The zero-order valence-electron chi connectivity index (χ0n) is 22.0. The van der Waals surface area contributed by atoms with E-state index < -0.39 is 12.1 Å². The quantitative estimate of drug-likeness (QED) is 0.203. The highest BCUT2D eigenvalue weighted by Gasteiger charge is 2.33. The third kappa shape index (κ3) is 8.85. The van der Waals surface area contributed by atoms with Gasteiger partial charge in [-0.2, -0.15) is 0 Å². The number of aliphatic hydroxyl groups is 1. The highest BCUT2D eigenvalue weighted by molar-refractivity contribution is 5.76. The van der Waals surface area contributed by atoms with Crippen molar-refractivity contribution in [3.8, 4) is 5.75 Å². The van der Waals surface area contributed by atoms with Gasteiger partial charge in [-0.05, 0) is 60.9 Å². The van der Waals surface area contributed by atoms with Crippen LogP contribution in [-0.2, 0) is 16.0 Å². The van der Waals surface area contributed by atoms with Gasteiger partial charge in [-0.25, -0.2) is 0 Å². The van der Waals surface area contributed by atoms with E-state index in [1.54, 1.807) is 6.08 Å². The fourth-order valence-corrected chi connectivity index (χ4v) is 4.70. The van der Waals surface area contributed by atoms with Crippen LogP contribution < -0.4 is 15.4 Å². The second-order valence-corrected chi connectivity index (χ2v) is 9.56. The van der Waals surface area contributed by atoms with E-state index in [9.17, 15) is 9.90 Å². The number of hydrogen-bond acceptors (Lipinski definition) is 5. The lowest BCUT2D eigenvalue weighted by molar-refractivity contribution is -0.122. The molecule has 0 aromatic heterocycles. The van der Waals surface area contributed by atoms with Crippen LogP contribution in [0, 0.1) is 0 Å². The summed E-state index contributed by atoms with van der Waals surface area (Å²) in [5.41, 5.74) is 3.33. The van der Waals surface area contributed by atoms with E-state index in [2.05, 4.69) is 42.8 Å². The van der Waals surface area contributed by atoms with E-state index in [1.807, 2.05) is 42.5 Å². The van der Waals surface area contributed by atoms with E-state index >= 15 is 0 Å². The average molecular weight is 507 g/mol. The summed E-state index contributed by atoms with van der Waals surface area (Å²) >= 11 is 0. The number of carbonyl (C=O) groups is 1. The molecule has 0 saturated carbocycles. The monoisotopic (exact) mass is 506 g/mol. The molecule has 3 rings (SSSR count). The molecule has 2 aromatic carbocycles. The average Bonchev–Trinajstić information content (AvgIpc) is 3.26. The van der Waals surface area contributed by atoms with Crippen molar-refractivity contribution in [2.75, 3.05) is 19.8 Å². The summed E-state index contributed by atoms with van der Waals surface area (Å²) in [6, 6.07) is 15.7. The molecule has 4 atom stereocenters. The van der Waals surface area contributed by atoms with E-state index in [1.165, 1.54) is 0 Å². The van der Waals surface area contributed by atoms with Crippen LogP contribution in [0.5, 0.6) is 5.75 Å². The first kappa shape index (κ1) is 28.6. The molecule has 1 aliphatic rings. The molecule has 0 saturated heterocycles. The Balaban J connectivity index is 1.69. The maximum absolute atomic E-state index is 12.6. The summed E-state index contributed by atoms with van der Waals surface area (Å²) in [5, 5.41) is 17.8. The topological polar surface area (TPSA) is 79.8 Å². The third-order valence-corrected chi connectivity index (χ3v) is 6.61. The molecule has 200 valence electrons. The van der Waals surface area contributed by atoms with Crippen molar-refractivity contribution in [1.29, 1.82) is 0 Å². The van der Waals surface area contributed by atoms with E-state index in [-0.39, 0.29) is 18.1 Å². The maximum atomic E-state index is 12.6. The van der Waals surface area contributed by atoms with Crippen LogP contribution in [0.3, 0.4) is 0 Å². The molecule has 0 radical (unpaired) electrons. The maximum Gasteiger partial charge on any atom is 0.220 e. The van der Waals surface area contributed by atoms with Gasteiger partial charge in [-0.1, -0.05) is 55.5 Å². The van der Waals surface area contributed by atoms with Crippen LogP contribution in [0.4, 0.5) is 0 Å². The zero-order chi connectivity index (χ0) is 26.5. The smallest absolute Gasteiger partial charge is 0.220 e. The zero-order valence-corrected chi connectivity index (χ0v) is 22.0. The minimum absolute atomic E-state index is 0.00492. The second kappa shape index (κ2) is 15.4. The van der Waals surface area contributed by atoms with Gasteiger partial charge in [0.2, 0.25) is 5.91 Å². The molecule has 2 aromatic rings. The summed E-state index contributed by atoms with van der Waals surface area (Å²) in [5.74, 6) is 0.787. The summed E-state index contributed by atoms with van der Waals surface area (Å²) in [7, 11) is 0. The van der Waals surface area contributed by atoms with Crippen molar-refractivity contribution in [3.05, 3.63) is 90.5 Å². The summed E-state index contributed by atoms with van der Waals surface area (Å²) < 4.78 is 11.9. The summed E-state index contributed by atoms with van der Waals surface area (Å²) in [6.45, 7) is 11.1. The molecule has 1 amide bonds. The molecule has 0 heterocycles. The second-order valence-electron chi connectivity index (χ2n) is 9.56. The lowest BCUT2D eigenvalue weighted by atomic mass is 10.00. The first-order chi connectivity index (χ1) is 18.0. The van der Waals surface area contributed by atoms with E-state index in [4.69, 9.17) is 9.47 Å². The number of nitrogens with one attached hydrogen (secondary N) is 2. The van der Waals surface area contributed by atoms with Crippen molar-refractivity contribution >= 4 is 5.91 Å². The number of allylic oxidation sites excluding steroid dienone is 1. The van der Waals surface area contributed by atoms with Crippen LogP contribution in [0.2, 0.25) is 0 Å². The fraction of sp³-hybridized carbons (Fsp3) is 0.452. The molecule has 3 N–H and O–H groups in total. The van der Waals surface area contributed by atoms with Gasteiger partial charge in [0, 0.05) is 19.0 Å². The van der Waals surface area contributed by atoms with Gasteiger partial charge in [-0.3, -0.25) is 4.79 Å². The fourth-order valence-electron chi connectivity index (χ4n) is 4.70. The highest BCUT2D eigenvalue weighted by atomic mass is 16.5. The Hall–Kier alpha value is -2.93. The third-order valence-electron chi connectivity index (χ3n) is 6.61. The van der Waals surface area contributed by atoms with Gasteiger partial charge in [0.1, 0.15) is 5.75 Å². The number of aliphatic hydroxyl groups excluding tert-OH is 1. The summed E-state index contributed by atoms with van der Waals surface area (Å²) in [6.07, 6.45) is 6.96. The molecular weight excluding hydrogens is 464 g/mol. The van der Waals surface area contributed by atoms with Crippen LogP contribution in [0.25, 0.3) is 0 Å². The largest absolute Gasteiger partial charge is 0.494 e. The summed E-state index contributed by atoms with van der Waals surface area (Å²) in [4.78, 5) is 12.6. The van der Waals surface area contributed by atoms with Gasteiger partial charge in [0.15, 0.2) is 0 Å². The number of hydrogen-bond donors (Lipinski definition) is 3. The molecule has 0 fully saturated rings. The minimum Gasteiger partial charge on any atom is -0.494 e. The van der Waals surface area contributed by atoms with Gasteiger partial charge in [0.05, 0.1) is 31.5 Å². The van der Waals surface area contributed by atoms with E-state index in [0.717, 1.165) is 48.1 Å². The normalized spacial score (nSPS) is 18.0. The molecule has 0 bridgehead atoms. The molecule has 0 spiro atoms. The number of unbranched alkanes of at least 4 members (excludes halogenated alkanes) is 1. The Morgan fingerprint density at radius 1 is 1.16 bits per heavy atom. The van der Waals surface area contributed by atoms with Crippen LogP contribution >= 0.6 is 0 Å². The minimum atomic E-state index is -0.764. The van der Waals surface area contributed by atoms with Crippen molar-refractivity contribution in [2.45, 2.75) is 69.7 Å². The number of amides is 1. The molecule has 0 aliphatic heterocycles. The molecule has 1 aliphatic carbocycles. The predicted octanol–water partition coefficient (Wildman–Crippen LogP) is 5.20. The Kier molecular flexibility index (Phi) is 11.9. The van der Waals surface area contributed by atoms with Crippen molar-refractivity contribution in [3.63, 3.8) is 0 Å². The van der Waals surface area contributed by atoms with Crippen molar-refractivity contribution in [1.82, 2.24) is 10.6 Å². The van der Waals surface area contributed by atoms with Crippen molar-refractivity contribution < 1.29 is 19.4 Å². The Bertz CT molecular complexity index is 994. The van der Waals surface area contributed by atoms with Crippen LogP contribution in [0.1, 0.15) is 67.9 Å². The first-order valence-electron chi connectivity index (χ1n) is 13.4. The van der Waals surface area contributed by atoms with Gasteiger partial charge in [0.25, 0.3) is 0 Å². The Morgan fingerprint density at radius 3 is 2.70 bits per heavy atom. The van der Waals surface area contributed by atoms with Crippen molar-refractivity contribution in [2.24, 2.45) is 0 Å². The number of benzene rings is 2. The molecule has 2 unspecified atom stereocenters. The first-order valence-corrected chi connectivity index (χ1v) is 13.4. The highest BCUT2D eigenvalue weighted by Crippen LogP contribution is 2.42. The lowest BCUT2D eigenvalue weighted by Gasteiger charge is -2.26. The predicted molar refractivity (Wildman–Crippen MR) is 149 cm³/mol. The van der Waals surface area contributed by atoms with Gasteiger partial charge >= 0.3 is 0 Å². The number of ether oxygens (including phenoxy) is 2. The van der Waals surface area contributed by atoms with Gasteiger partial charge < -0.3 is 25.2 Å². The van der Waals surface area contributed by atoms with E-state index in [0.29, 0.717) is 32.6 Å². The Morgan fingerprint density at radius 2 is 1.97 bits per heavy atom. The number of carbonyl (C=O) groups excluding carboxylic acids is 1.